The van der Waals surface area contributed by atoms with Crippen LogP contribution in [0, 0.1) is 12.7 Å². The lowest BCUT2D eigenvalue weighted by molar-refractivity contribution is -0.128. The number of hydrogen-bond acceptors (Lipinski definition) is 4. The molecule has 1 fully saturated rings. The molecule has 0 N–H and O–H groups in total. The highest BCUT2D eigenvalue weighted by atomic mass is 79.9. The quantitative estimate of drug-likeness (QED) is 0.816. The van der Waals surface area contributed by atoms with Gasteiger partial charge in [0.15, 0.2) is 0 Å². The molecule has 2 aromatic rings. The lowest BCUT2D eigenvalue weighted by Crippen LogP contribution is -2.28. The summed E-state index contributed by atoms with van der Waals surface area (Å²) in [6.45, 7) is 2.27. The Morgan fingerprint density at radius 1 is 1.41 bits per heavy atom. The zero-order valence-electron chi connectivity index (χ0n) is 11.8. The Hall–Kier alpha value is -1.47. The fourth-order valence-electron chi connectivity index (χ4n) is 2.24. The topological polar surface area (TPSA) is 46.1 Å². The number of carbonyl (C=O) groups is 1. The fraction of sp³-hybridized carbons (Fsp3) is 0.267. The van der Waals surface area contributed by atoms with Crippen LogP contribution >= 0.6 is 27.7 Å². The maximum absolute atomic E-state index is 13.4. The predicted molar refractivity (Wildman–Crippen MR) is 86.6 cm³/mol. The van der Waals surface area contributed by atoms with Crippen LogP contribution in [0.4, 0.5) is 4.39 Å². The molecule has 0 spiro atoms. The molecule has 1 saturated heterocycles. The molecule has 4 nitrogen and oxygen atoms in total. The van der Waals surface area contributed by atoms with E-state index in [9.17, 15) is 9.18 Å². The molecule has 1 unspecified atom stereocenters. The van der Waals surface area contributed by atoms with Crippen LogP contribution in [0.5, 0.6) is 0 Å². The van der Waals surface area contributed by atoms with Gasteiger partial charge in [-0.05, 0) is 40.5 Å². The molecule has 0 radical (unpaired) electrons. The largest absolute Gasteiger partial charge is 0.320 e. The van der Waals surface area contributed by atoms with Crippen molar-refractivity contribution < 1.29 is 9.18 Å². The van der Waals surface area contributed by atoms with Crippen molar-refractivity contribution in [1.29, 1.82) is 0 Å². The number of thioether (sulfide) groups is 1. The zero-order valence-corrected chi connectivity index (χ0v) is 14.2. The van der Waals surface area contributed by atoms with Crippen molar-refractivity contribution in [3.8, 4) is 0 Å². The highest BCUT2D eigenvalue weighted by Gasteiger charge is 2.33. The van der Waals surface area contributed by atoms with E-state index in [-0.39, 0.29) is 17.1 Å². The first-order valence-corrected chi connectivity index (χ1v) is 8.52. The summed E-state index contributed by atoms with van der Waals surface area (Å²) in [7, 11) is 0. The van der Waals surface area contributed by atoms with Crippen LogP contribution in [0.25, 0.3) is 0 Å². The molecule has 114 valence electrons. The first-order valence-electron chi connectivity index (χ1n) is 6.68. The number of amides is 1. The van der Waals surface area contributed by atoms with E-state index in [1.54, 1.807) is 29.4 Å². The highest BCUT2D eigenvalue weighted by Crippen LogP contribution is 2.40. The first kappa shape index (κ1) is 15.4. The zero-order chi connectivity index (χ0) is 15.7. The van der Waals surface area contributed by atoms with Crippen LogP contribution in [-0.4, -0.2) is 26.5 Å². The smallest absolute Gasteiger partial charge is 0.234 e. The molecule has 1 aromatic heterocycles. The van der Waals surface area contributed by atoms with Crippen LogP contribution < -0.4 is 0 Å². The van der Waals surface area contributed by atoms with Crippen LogP contribution in [-0.2, 0) is 11.3 Å². The van der Waals surface area contributed by atoms with Gasteiger partial charge in [0.2, 0.25) is 5.91 Å². The average Bonchev–Trinajstić information content (AvgIpc) is 2.86. The van der Waals surface area contributed by atoms with E-state index in [2.05, 4.69) is 25.9 Å². The predicted octanol–water partition coefficient (Wildman–Crippen LogP) is 3.46. The number of carbonyl (C=O) groups excluding carboxylic acids is 1. The number of aryl methyl sites for hydroxylation is 1. The van der Waals surface area contributed by atoms with Gasteiger partial charge < -0.3 is 4.90 Å². The summed E-state index contributed by atoms with van der Waals surface area (Å²) < 4.78 is 13.8. The SMILES string of the molecule is Cc1cnc(CN2C(=O)CSC2c2ccc(F)c(Br)c2)cn1. The van der Waals surface area contributed by atoms with Crippen molar-refractivity contribution in [3.63, 3.8) is 0 Å². The molecule has 7 heteroatoms. The summed E-state index contributed by atoms with van der Waals surface area (Å²) in [5.74, 6) is 0.158. The average molecular weight is 382 g/mol. The maximum Gasteiger partial charge on any atom is 0.234 e. The molecular weight excluding hydrogens is 369 g/mol. The maximum atomic E-state index is 13.4. The lowest BCUT2D eigenvalue weighted by atomic mass is 10.2. The van der Waals surface area contributed by atoms with Crippen molar-refractivity contribution in [2.24, 2.45) is 0 Å². The molecule has 1 amide bonds. The van der Waals surface area contributed by atoms with Crippen LogP contribution in [0.2, 0.25) is 0 Å². The summed E-state index contributed by atoms with van der Waals surface area (Å²) in [5.41, 5.74) is 2.47. The minimum atomic E-state index is -0.311. The molecule has 0 saturated carbocycles. The Bertz CT molecular complexity index is 710. The molecule has 1 aliphatic heterocycles. The van der Waals surface area contributed by atoms with Gasteiger partial charge >= 0.3 is 0 Å². The van der Waals surface area contributed by atoms with Gasteiger partial charge in [-0.3, -0.25) is 14.8 Å². The molecule has 1 aromatic carbocycles. The van der Waals surface area contributed by atoms with Crippen molar-refractivity contribution in [2.45, 2.75) is 18.8 Å². The van der Waals surface area contributed by atoms with Gasteiger partial charge in [-0.15, -0.1) is 11.8 Å². The summed E-state index contributed by atoms with van der Waals surface area (Å²) >= 11 is 4.73. The van der Waals surface area contributed by atoms with Crippen molar-refractivity contribution in [2.75, 3.05) is 5.75 Å². The Labute approximate surface area is 140 Å². The number of aromatic nitrogens is 2. The van der Waals surface area contributed by atoms with Gasteiger partial charge in [-0.25, -0.2) is 4.39 Å². The minimum Gasteiger partial charge on any atom is -0.320 e. The summed E-state index contributed by atoms with van der Waals surface area (Å²) in [6.07, 6.45) is 3.37. The third-order valence-corrected chi connectivity index (χ3v) is 5.23. The molecular formula is C15H13BrFN3OS. The van der Waals surface area contributed by atoms with Crippen LogP contribution in [0.1, 0.15) is 22.3 Å². The van der Waals surface area contributed by atoms with E-state index in [0.717, 1.165) is 17.0 Å². The first-order chi connectivity index (χ1) is 10.5. The second-order valence-electron chi connectivity index (χ2n) is 5.01. The molecule has 3 rings (SSSR count). The van der Waals surface area contributed by atoms with Crippen LogP contribution in [0.15, 0.2) is 35.1 Å². The van der Waals surface area contributed by atoms with E-state index >= 15 is 0 Å². The van der Waals surface area contributed by atoms with Gasteiger partial charge in [0, 0.05) is 6.20 Å². The van der Waals surface area contributed by atoms with E-state index in [0.29, 0.717) is 16.8 Å². The molecule has 22 heavy (non-hydrogen) atoms. The van der Waals surface area contributed by atoms with Crippen molar-refractivity contribution >= 4 is 33.6 Å². The third kappa shape index (κ3) is 3.15. The van der Waals surface area contributed by atoms with Crippen LogP contribution in [0.3, 0.4) is 0 Å². The number of hydrogen-bond donors (Lipinski definition) is 0. The van der Waals surface area contributed by atoms with Gasteiger partial charge in [0.05, 0.1) is 34.4 Å². The lowest BCUT2D eigenvalue weighted by Gasteiger charge is -2.24. The van der Waals surface area contributed by atoms with E-state index in [4.69, 9.17) is 0 Å². The Kier molecular flexibility index (Phi) is 4.44. The molecule has 0 bridgehead atoms. The van der Waals surface area contributed by atoms with Crippen molar-refractivity contribution in [1.82, 2.24) is 14.9 Å². The van der Waals surface area contributed by atoms with E-state index < -0.39 is 0 Å². The molecule has 1 atom stereocenters. The normalized spacial score (nSPS) is 18.0. The standard InChI is InChI=1S/C15H13BrFN3OS/c1-9-5-19-11(6-18-9)7-20-14(21)8-22-15(20)10-2-3-13(17)12(16)4-10/h2-6,15H,7-8H2,1H3. The molecule has 1 aliphatic rings. The monoisotopic (exact) mass is 381 g/mol. The highest BCUT2D eigenvalue weighted by molar-refractivity contribution is 9.10. The van der Waals surface area contributed by atoms with E-state index in [1.165, 1.54) is 17.8 Å². The number of rotatable bonds is 3. The minimum absolute atomic E-state index is 0.0535. The number of benzene rings is 1. The summed E-state index contributed by atoms with van der Waals surface area (Å²) in [5, 5.41) is -0.132. The summed E-state index contributed by atoms with van der Waals surface area (Å²) in [6, 6.07) is 4.84. The fourth-order valence-corrected chi connectivity index (χ4v) is 3.82. The Morgan fingerprint density at radius 2 is 2.23 bits per heavy atom. The molecule has 0 aliphatic carbocycles. The third-order valence-electron chi connectivity index (χ3n) is 3.36. The van der Waals surface area contributed by atoms with Gasteiger partial charge in [-0.2, -0.15) is 0 Å². The number of halogens is 2. The Morgan fingerprint density at radius 3 is 2.91 bits per heavy atom. The number of nitrogens with zero attached hydrogens (tertiary/aromatic N) is 3. The van der Waals surface area contributed by atoms with Gasteiger partial charge in [-0.1, -0.05) is 6.07 Å². The van der Waals surface area contributed by atoms with Gasteiger partial charge in [0.1, 0.15) is 11.2 Å². The second kappa shape index (κ2) is 6.34. The van der Waals surface area contributed by atoms with Crippen molar-refractivity contribution in [3.05, 3.63) is 57.8 Å². The van der Waals surface area contributed by atoms with Gasteiger partial charge in [0.25, 0.3) is 0 Å². The second-order valence-corrected chi connectivity index (χ2v) is 6.93. The Balaban J connectivity index is 1.85. The summed E-state index contributed by atoms with van der Waals surface area (Å²) in [4.78, 5) is 22.4. The van der Waals surface area contributed by atoms with E-state index in [1.807, 2.05) is 6.92 Å². The molecule has 2 heterocycles.